The minimum atomic E-state index is -0.812. The molecular weight excluding hydrogens is 1410 g/mol. The average molecular weight is 1500 g/mol. The van der Waals surface area contributed by atoms with Crippen LogP contribution in [0.5, 0.6) is 69.0 Å². The number of para-hydroxylation sites is 1. The fourth-order valence-electron chi connectivity index (χ4n) is 11.9. The van der Waals surface area contributed by atoms with Crippen molar-refractivity contribution in [3.8, 4) is 69.0 Å². The lowest BCUT2D eigenvalue weighted by molar-refractivity contribution is -0.385. The molecule has 3 saturated heterocycles. The number of aryl methyl sites for hydroxylation is 1. The number of anilines is 2. The summed E-state index contributed by atoms with van der Waals surface area (Å²) in [6.45, 7) is 9.68. The van der Waals surface area contributed by atoms with E-state index >= 15 is 0 Å². The van der Waals surface area contributed by atoms with E-state index in [4.69, 9.17) is 57.2 Å². The summed E-state index contributed by atoms with van der Waals surface area (Å²) in [7, 11) is 7.82. The van der Waals surface area contributed by atoms with Gasteiger partial charge in [-0.2, -0.15) is 0 Å². The van der Waals surface area contributed by atoms with Gasteiger partial charge >= 0.3 is 12.2 Å². The smallest absolute Gasteiger partial charge is 0.361 e. The number of hydrogen-bond acceptors (Lipinski definition) is 25. The molecule has 5 aromatic carbocycles. The maximum atomic E-state index is 13.2. The van der Waals surface area contributed by atoms with Gasteiger partial charge in [0, 0.05) is 120 Å². The van der Waals surface area contributed by atoms with Crippen LogP contribution >= 0.6 is 43.2 Å². The Labute approximate surface area is 612 Å². The minimum absolute atomic E-state index is 0.0109. The third-order valence-electron chi connectivity index (χ3n) is 16.9. The van der Waals surface area contributed by atoms with Crippen LogP contribution in [0.3, 0.4) is 0 Å². The molecule has 7 aromatic rings. The molecule has 103 heavy (non-hydrogen) atoms. The SMILES string of the molecule is CC(C)(C)Oc1cc2c(cc1N1CCCC1)OC(OCCO)O2.CCOc1cc2c(cc1[N+](=O)[O-])OC(Cc1ccc3ccccc3n1)O2.O=C(CCCCC1CCSS1)NCC1Oc2cc(O)c(F)cc2O1.O=C(CCCCC1CCSS1)Nc1cc2c(cc1O)OC(CCCc1cnc[nH]1)O2. The van der Waals surface area contributed by atoms with Crippen LogP contribution in [0.4, 0.5) is 21.5 Å². The molecule has 0 aliphatic carbocycles. The molecular formula is C73H88FN7O18S4. The second-order valence-corrected chi connectivity index (χ2v) is 31.6. The number of unbranched alkanes of at least 4 members (excludes halogenated alkanes) is 2. The zero-order chi connectivity index (χ0) is 72.2. The molecule has 6 N–H and O–H groups in total. The summed E-state index contributed by atoms with van der Waals surface area (Å²) in [4.78, 5) is 48.8. The first-order valence-electron chi connectivity index (χ1n) is 34.9. The van der Waals surface area contributed by atoms with E-state index in [-0.39, 0.29) is 72.1 Å². The third kappa shape index (κ3) is 22.1. The lowest BCUT2D eigenvalue weighted by atomic mass is 10.1. The van der Waals surface area contributed by atoms with Gasteiger partial charge in [0.2, 0.25) is 30.1 Å². The van der Waals surface area contributed by atoms with E-state index in [9.17, 15) is 34.3 Å². The highest BCUT2D eigenvalue weighted by Gasteiger charge is 2.34. The van der Waals surface area contributed by atoms with Crippen molar-refractivity contribution >= 4 is 83.0 Å². The van der Waals surface area contributed by atoms with Crippen LogP contribution in [0.2, 0.25) is 0 Å². The Morgan fingerprint density at radius 2 is 1.35 bits per heavy atom. The Balaban J connectivity index is 0.000000138. The molecule has 7 aliphatic heterocycles. The Bertz CT molecular complexity index is 3940. The van der Waals surface area contributed by atoms with Crippen molar-refractivity contribution in [3.05, 3.63) is 125 Å². The number of nitro groups is 1. The van der Waals surface area contributed by atoms with Gasteiger partial charge in [0.25, 0.3) is 6.29 Å². The Hall–Kier alpha value is -8.29. The molecule has 2 aromatic heterocycles. The quantitative estimate of drug-likeness (QED) is 0.00916. The van der Waals surface area contributed by atoms with Gasteiger partial charge in [-0.3, -0.25) is 24.7 Å². The van der Waals surface area contributed by atoms with Gasteiger partial charge in [0.15, 0.2) is 57.6 Å². The summed E-state index contributed by atoms with van der Waals surface area (Å²) in [5, 5.41) is 47.7. The number of rotatable bonds is 27. The number of aromatic amines is 1. The number of H-pyrrole nitrogens is 1. The van der Waals surface area contributed by atoms with Crippen LogP contribution in [0.25, 0.3) is 10.9 Å². The fraction of sp³-hybridized carbons (Fsp3) is 0.479. The van der Waals surface area contributed by atoms with Crippen LogP contribution in [0, 0.1) is 15.9 Å². The van der Waals surface area contributed by atoms with Crippen molar-refractivity contribution in [2.75, 3.05) is 61.2 Å². The van der Waals surface area contributed by atoms with E-state index in [1.807, 2.05) is 119 Å². The van der Waals surface area contributed by atoms with Gasteiger partial charge in [-0.05, 0) is 104 Å². The first-order valence-corrected chi connectivity index (χ1v) is 39.6. The van der Waals surface area contributed by atoms with Crippen molar-refractivity contribution in [1.82, 2.24) is 20.3 Å². The Kier molecular flexibility index (Phi) is 27.2. The number of hydrogen-bond donors (Lipinski definition) is 6. The number of aromatic hydroxyl groups is 2. The van der Waals surface area contributed by atoms with E-state index in [1.165, 1.54) is 74.3 Å². The molecule has 0 bridgehead atoms. The summed E-state index contributed by atoms with van der Waals surface area (Å²) in [5.41, 5.74) is 3.75. The van der Waals surface area contributed by atoms with E-state index in [0.717, 1.165) is 102 Å². The molecule has 6 unspecified atom stereocenters. The molecule has 30 heteroatoms. The number of fused-ring (bicyclic) bond motifs is 5. The number of pyridine rings is 1. The number of ether oxygens (including phenoxy) is 11. The van der Waals surface area contributed by atoms with Gasteiger partial charge in [-0.1, -0.05) is 80.3 Å². The van der Waals surface area contributed by atoms with Crippen LogP contribution in [0.15, 0.2) is 97.5 Å². The summed E-state index contributed by atoms with van der Waals surface area (Å²) in [6.07, 6.45) is 16.7. The highest BCUT2D eigenvalue weighted by molar-refractivity contribution is 8.77. The third-order valence-corrected chi connectivity index (χ3v) is 22.9. The van der Waals surface area contributed by atoms with Crippen molar-refractivity contribution in [3.63, 3.8) is 0 Å². The highest BCUT2D eigenvalue weighted by Crippen LogP contribution is 2.48. The Morgan fingerprint density at radius 1 is 0.728 bits per heavy atom. The molecule has 25 nitrogen and oxygen atoms in total. The van der Waals surface area contributed by atoms with Crippen molar-refractivity contribution < 1.29 is 86.3 Å². The second-order valence-electron chi connectivity index (χ2n) is 26.0. The number of phenols is 2. The average Bonchev–Trinajstić information content (AvgIpc) is 1.69. The number of amides is 2. The lowest BCUT2D eigenvalue weighted by Gasteiger charge is -2.27. The molecule has 3 fully saturated rings. The van der Waals surface area contributed by atoms with Gasteiger partial charge in [0.1, 0.15) is 17.1 Å². The monoisotopic (exact) mass is 1500 g/mol. The normalized spacial score (nSPS) is 19.2. The zero-order valence-corrected chi connectivity index (χ0v) is 61.2. The first-order chi connectivity index (χ1) is 49.9. The summed E-state index contributed by atoms with van der Waals surface area (Å²) in [6, 6.07) is 23.8. The molecule has 554 valence electrons. The van der Waals surface area contributed by atoms with E-state index < -0.39 is 35.5 Å². The number of imidazole rings is 1. The van der Waals surface area contributed by atoms with Crippen LogP contribution < -0.4 is 62.9 Å². The van der Waals surface area contributed by atoms with Gasteiger partial charge < -0.3 is 87.9 Å². The van der Waals surface area contributed by atoms with Crippen molar-refractivity contribution in [2.24, 2.45) is 0 Å². The molecule has 9 heterocycles. The number of aromatic nitrogens is 3. The minimum Gasteiger partial charge on any atom is -0.506 e. The second kappa shape index (κ2) is 36.9. The number of benzene rings is 5. The topological polar surface area (TPSA) is 308 Å². The number of carbonyl (C=O) groups excluding carboxylic acids is 2. The molecule has 0 spiro atoms. The number of halogens is 1. The number of carbonyl (C=O) groups is 2. The predicted molar refractivity (Wildman–Crippen MR) is 394 cm³/mol. The largest absolute Gasteiger partial charge is 0.506 e. The predicted octanol–water partition coefficient (Wildman–Crippen LogP) is 14.8. The summed E-state index contributed by atoms with van der Waals surface area (Å²) in [5.74, 6) is 5.65. The van der Waals surface area contributed by atoms with Crippen molar-refractivity contribution in [1.29, 1.82) is 0 Å². The van der Waals surface area contributed by atoms with Crippen LogP contribution in [-0.2, 0) is 27.2 Å². The molecule has 14 rings (SSSR count). The molecule has 0 radical (unpaired) electrons. The number of phenolic OH excluding ortho intramolecular Hbond substituents is 2. The standard InChI is InChI=1S/C21H27N3O4S2.C19H16N2O5.C17H25NO5.C16H20FNO4S2/c25-17-11-19-18(27-21(28-19)7-3-4-14-12-22-13-23-14)10-16(17)24-20(26)6-2-1-5-15-8-9-29-30-15;1-2-24-16-11-18-17(10-15(16)21(22)23)25-19(26-18)9-13-8-7-12-5-3-4-6-14(12)20-13;1-17(2,3)23-13-11-15-14(21-16(22-15)20-9-8-19)10-12(13)18-6-4-5-7-18;17-11-7-13-14(8-12(11)19)22-16(21-13)9-18-15(20)4-2-1-3-10-5-6-23-24-10/h10-13,15,21,25H,1-9H2,(H,22,23)(H,24,26);3-8,10-11,19H,2,9H2,1H3;10-11,16,19H,4-9H2,1-3H3;7-8,10,16,19H,1-6,9H2,(H,18,20). The molecule has 0 saturated carbocycles. The fourth-order valence-corrected chi connectivity index (χ4v) is 17.9. The number of nitrogens with zero attached hydrogens (tertiary/aromatic N) is 4. The summed E-state index contributed by atoms with van der Waals surface area (Å²) >= 11 is 0. The van der Waals surface area contributed by atoms with E-state index in [2.05, 4.69) is 30.5 Å². The molecule has 6 atom stereocenters. The summed E-state index contributed by atoms with van der Waals surface area (Å²) < 4.78 is 75.2. The maximum absolute atomic E-state index is 13.2. The first kappa shape index (κ1) is 75.9. The highest BCUT2D eigenvalue weighted by atomic mass is 33.1. The Morgan fingerprint density at radius 3 is 2.01 bits per heavy atom. The lowest BCUT2D eigenvalue weighted by Crippen LogP contribution is -2.36. The number of nitro benzene ring substituents is 1. The maximum Gasteiger partial charge on any atom is 0.361 e. The van der Waals surface area contributed by atoms with Gasteiger partial charge in [0.05, 0.1) is 67.0 Å². The van der Waals surface area contributed by atoms with Gasteiger partial charge in [-0.15, -0.1) is 0 Å². The molecule has 7 aliphatic rings. The zero-order valence-electron chi connectivity index (χ0n) is 57.9. The number of aliphatic hydroxyl groups is 1. The number of aliphatic hydroxyl groups excluding tert-OH is 1. The number of nitrogens with one attached hydrogen (secondary N) is 3. The van der Waals surface area contributed by atoms with Crippen LogP contribution in [0.1, 0.15) is 129 Å². The van der Waals surface area contributed by atoms with E-state index in [0.29, 0.717) is 72.5 Å². The van der Waals surface area contributed by atoms with Gasteiger partial charge in [-0.25, -0.2) is 9.37 Å². The molecule has 2 amide bonds. The van der Waals surface area contributed by atoms with Crippen LogP contribution in [-0.4, -0.2) is 139 Å². The van der Waals surface area contributed by atoms with E-state index in [1.54, 1.807) is 19.3 Å². The van der Waals surface area contributed by atoms with Crippen molar-refractivity contribution in [2.45, 2.75) is 172 Å².